The summed E-state index contributed by atoms with van der Waals surface area (Å²) in [4.78, 5) is 0. The molecule has 2 aliphatic carbocycles. The van der Waals surface area contributed by atoms with Crippen molar-refractivity contribution in [1.82, 2.24) is 0 Å². The summed E-state index contributed by atoms with van der Waals surface area (Å²) in [6, 6.07) is 25.9. The molecule has 1 unspecified atom stereocenters. The molecule has 37 heavy (non-hydrogen) atoms. The highest BCUT2D eigenvalue weighted by molar-refractivity contribution is 5.80. The van der Waals surface area contributed by atoms with E-state index < -0.39 is 0 Å². The molecule has 3 aromatic carbocycles. The largest absolute Gasteiger partial charge is 0.405 e. The number of rotatable bonds is 6. The number of benzene rings is 3. The molecule has 0 spiro atoms. The normalized spacial score (nSPS) is 18.5. The van der Waals surface area contributed by atoms with E-state index in [1.807, 2.05) is 12.1 Å². The lowest BCUT2D eigenvalue weighted by atomic mass is 9.81. The molecule has 5 rings (SSSR count). The first-order valence-electron chi connectivity index (χ1n) is 13.0. The smallest absolute Gasteiger partial charge is 0.0385 e. The fourth-order valence-corrected chi connectivity index (χ4v) is 5.15. The summed E-state index contributed by atoms with van der Waals surface area (Å²) < 4.78 is 0. The van der Waals surface area contributed by atoms with Crippen molar-refractivity contribution in [1.29, 1.82) is 0 Å². The number of nitrogens with two attached hydrogens (primary N) is 1. The van der Waals surface area contributed by atoms with Gasteiger partial charge in [0.05, 0.1) is 0 Å². The number of para-hydroxylation sites is 1. The molecule has 0 aromatic heterocycles. The molecule has 3 aromatic rings. The van der Waals surface area contributed by atoms with E-state index in [2.05, 4.69) is 122 Å². The lowest BCUT2D eigenvalue weighted by Crippen LogP contribution is -2.13. The summed E-state index contributed by atoms with van der Waals surface area (Å²) in [5, 5.41) is 3.65. The van der Waals surface area contributed by atoms with Crippen LogP contribution in [0, 0.1) is 19.8 Å². The Kier molecular flexibility index (Phi) is 7.37. The van der Waals surface area contributed by atoms with Gasteiger partial charge in [-0.05, 0) is 108 Å². The Labute approximate surface area is 220 Å². The minimum atomic E-state index is 0.339. The molecule has 0 fully saturated rings. The van der Waals surface area contributed by atoms with Crippen molar-refractivity contribution in [3.63, 3.8) is 0 Å². The quantitative estimate of drug-likeness (QED) is 0.369. The average Bonchev–Trinajstić information content (AvgIpc) is 2.94. The first-order valence-corrected chi connectivity index (χ1v) is 13.0. The number of hydrogen-bond donors (Lipinski definition) is 2. The first-order chi connectivity index (χ1) is 18.1. The van der Waals surface area contributed by atoms with E-state index in [9.17, 15) is 0 Å². The van der Waals surface area contributed by atoms with Crippen LogP contribution in [0.1, 0.15) is 29.5 Å². The third-order valence-electron chi connectivity index (χ3n) is 7.23. The second kappa shape index (κ2) is 11.2. The van der Waals surface area contributed by atoms with E-state index in [1.165, 1.54) is 50.2 Å². The lowest BCUT2D eigenvalue weighted by molar-refractivity contribution is 0.732. The van der Waals surface area contributed by atoms with Gasteiger partial charge in [0.15, 0.2) is 0 Å². The van der Waals surface area contributed by atoms with Crippen LogP contribution >= 0.6 is 0 Å². The average molecular weight is 483 g/mol. The van der Waals surface area contributed by atoms with Gasteiger partial charge in [-0.1, -0.05) is 85.0 Å². The van der Waals surface area contributed by atoms with Crippen molar-refractivity contribution in [3.05, 3.63) is 155 Å². The maximum atomic E-state index is 5.60. The van der Waals surface area contributed by atoms with Crippen molar-refractivity contribution < 1.29 is 0 Å². The Bertz CT molecular complexity index is 1460. The number of hydrogen-bond acceptors (Lipinski definition) is 2. The van der Waals surface area contributed by atoms with E-state index in [1.54, 1.807) is 6.20 Å². The number of anilines is 1. The Morgan fingerprint density at radius 2 is 1.62 bits per heavy atom. The maximum absolute atomic E-state index is 5.60. The molecule has 184 valence electrons. The maximum Gasteiger partial charge on any atom is 0.0385 e. The van der Waals surface area contributed by atoms with E-state index in [0.29, 0.717) is 5.92 Å². The summed E-state index contributed by atoms with van der Waals surface area (Å²) in [5.41, 5.74) is 18.3. The van der Waals surface area contributed by atoms with Crippen LogP contribution in [0.15, 0.2) is 138 Å². The third-order valence-corrected chi connectivity index (χ3v) is 7.23. The molecule has 3 N–H and O–H groups in total. The minimum absolute atomic E-state index is 0.339. The predicted octanol–water partition coefficient (Wildman–Crippen LogP) is 8.65. The van der Waals surface area contributed by atoms with Crippen molar-refractivity contribution in [3.8, 4) is 11.1 Å². The lowest BCUT2D eigenvalue weighted by Gasteiger charge is -2.26. The topological polar surface area (TPSA) is 38.0 Å². The van der Waals surface area contributed by atoms with Gasteiger partial charge in [-0.15, -0.1) is 0 Å². The zero-order valence-corrected chi connectivity index (χ0v) is 21.6. The molecule has 0 amide bonds. The van der Waals surface area contributed by atoms with Gasteiger partial charge in [0, 0.05) is 17.3 Å². The monoisotopic (exact) mass is 482 g/mol. The molecule has 0 heterocycles. The molecule has 2 nitrogen and oxygen atoms in total. The Morgan fingerprint density at radius 1 is 0.838 bits per heavy atom. The van der Waals surface area contributed by atoms with Crippen molar-refractivity contribution in [2.45, 2.75) is 26.7 Å². The Morgan fingerprint density at radius 3 is 2.38 bits per heavy atom. The van der Waals surface area contributed by atoms with E-state index in [0.717, 1.165) is 18.5 Å². The van der Waals surface area contributed by atoms with E-state index >= 15 is 0 Å². The van der Waals surface area contributed by atoms with Crippen molar-refractivity contribution >= 4 is 11.3 Å². The summed E-state index contributed by atoms with van der Waals surface area (Å²) >= 11 is 0. The van der Waals surface area contributed by atoms with Crippen LogP contribution < -0.4 is 11.1 Å². The number of allylic oxidation sites excluding steroid dienone is 10. The summed E-state index contributed by atoms with van der Waals surface area (Å²) in [7, 11) is 0. The van der Waals surface area contributed by atoms with Crippen LogP contribution in [0.3, 0.4) is 0 Å². The highest BCUT2D eigenvalue weighted by Gasteiger charge is 2.21. The molecule has 0 aliphatic heterocycles. The van der Waals surface area contributed by atoms with Crippen LogP contribution in [0.25, 0.3) is 16.7 Å². The van der Waals surface area contributed by atoms with Gasteiger partial charge in [-0.3, -0.25) is 0 Å². The Balaban J connectivity index is 1.42. The molecule has 2 heteroatoms. The Hall–Kier alpha value is -4.30. The molecule has 1 atom stereocenters. The predicted molar refractivity (Wildman–Crippen MR) is 159 cm³/mol. The van der Waals surface area contributed by atoms with Crippen LogP contribution in [0.5, 0.6) is 0 Å². The number of nitrogens with one attached hydrogen (secondary N) is 1. The summed E-state index contributed by atoms with van der Waals surface area (Å²) in [6.45, 7) is 4.38. The van der Waals surface area contributed by atoms with Crippen molar-refractivity contribution in [2.75, 3.05) is 5.32 Å². The van der Waals surface area contributed by atoms with E-state index in [4.69, 9.17) is 5.73 Å². The highest BCUT2D eigenvalue weighted by Crippen LogP contribution is 2.37. The van der Waals surface area contributed by atoms with Crippen molar-refractivity contribution in [2.24, 2.45) is 11.7 Å². The first kappa shape index (κ1) is 24.4. The van der Waals surface area contributed by atoms with Gasteiger partial charge in [0.2, 0.25) is 0 Å². The number of aryl methyl sites for hydroxylation is 2. The van der Waals surface area contributed by atoms with Crippen LogP contribution in [0.2, 0.25) is 0 Å². The standard InChI is InChI=1S/C35H34N2/c1-25-9-6-7-13-32(25)33-24-30(16-14-26(33)2)28-17-19-29(20-18-28)34-23-27(10-8-22-36)15-21-35(34)37-31-11-4-3-5-12-31/h3-19,21-22,24,29,37H,20,23,36H2,1-2H3/b22-8-,27-10-. The van der Waals surface area contributed by atoms with Gasteiger partial charge in [-0.25, -0.2) is 0 Å². The second-order valence-corrected chi connectivity index (χ2v) is 9.77. The zero-order valence-electron chi connectivity index (χ0n) is 21.6. The van der Waals surface area contributed by atoms with E-state index in [-0.39, 0.29) is 0 Å². The van der Waals surface area contributed by atoms with Gasteiger partial charge < -0.3 is 11.1 Å². The van der Waals surface area contributed by atoms with Gasteiger partial charge in [-0.2, -0.15) is 0 Å². The van der Waals surface area contributed by atoms with Gasteiger partial charge in [0.1, 0.15) is 0 Å². The fourth-order valence-electron chi connectivity index (χ4n) is 5.15. The van der Waals surface area contributed by atoms with Crippen LogP contribution in [-0.4, -0.2) is 0 Å². The molecule has 0 saturated heterocycles. The molecule has 0 radical (unpaired) electrons. The highest BCUT2D eigenvalue weighted by atomic mass is 14.9. The third kappa shape index (κ3) is 5.59. The summed E-state index contributed by atoms with van der Waals surface area (Å²) in [6.07, 6.45) is 18.9. The second-order valence-electron chi connectivity index (χ2n) is 9.77. The SMILES string of the molecule is Cc1ccccc1-c1cc(C2=CCC(C3=C(Nc4ccccc4)C=C/C(=C/C=C\N)C3)C=C2)ccc1C. The molecule has 0 saturated carbocycles. The van der Waals surface area contributed by atoms with Gasteiger partial charge in [0.25, 0.3) is 0 Å². The minimum Gasteiger partial charge on any atom is -0.405 e. The molecule has 0 bridgehead atoms. The zero-order chi connectivity index (χ0) is 25.6. The molecule has 2 aliphatic rings. The fraction of sp³-hybridized carbons (Fsp3) is 0.143. The molecular formula is C35H34N2. The van der Waals surface area contributed by atoms with Crippen LogP contribution in [0.4, 0.5) is 5.69 Å². The molecular weight excluding hydrogens is 448 g/mol. The summed E-state index contributed by atoms with van der Waals surface area (Å²) in [5.74, 6) is 0.339. The van der Waals surface area contributed by atoms with Crippen LogP contribution in [-0.2, 0) is 0 Å². The van der Waals surface area contributed by atoms with Gasteiger partial charge >= 0.3 is 0 Å².